The van der Waals surface area contributed by atoms with Gasteiger partial charge in [-0.3, -0.25) is 0 Å². The van der Waals surface area contributed by atoms with Gasteiger partial charge in [-0.1, -0.05) is 30.3 Å². The van der Waals surface area contributed by atoms with E-state index in [1.165, 1.54) is 0 Å². The summed E-state index contributed by atoms with van der Waals surface area (Å²) in [7, 11) is 0. The fraction of sp³-hybridized carbons (Fsp3) is 0.308. The lowest BCUT2D eigenvalue weighted by Crippen LogP contribution is -2.44. The maximum absolute atomic E-state index is 4.22. The second-order valence-electron chi connectivity index (χ2n) is 4.27. The summed E-state index contributed by atoms with van der Waals surface area (Å²) < 4.78 is 0. The Hall–Kier alpha value is -2.01. The Morgan fingerprint density at radius 3 is 2.61 bits per heavy atom. The van der Waals surface area contributed by atoms with Crippen molar-refractivity contribution in [2.24, 2.45) is 0 Å². The van der Waals surface area contributed by atoms with Crippen LogP contribution in [0.4, 0.5) is 5.82 Å². The van der Waals surface area contributed by atoms with E-state index in [0.29, 0.717) is 0 Å². The van der Waals surface area contributed by atoms with E-state index < -0.39 is 0 Å². The van der Waals surface area contributed by atoms with Crippen molar-refractivity contribution in [3.63, 3.8) is 0 Å². The van der Waals surface area contributed by atoms with Gasteiger partial charge in [0.2, 0.25) is 0 Å². The number of hydrogen-bond acceptors (Lipinski definition) is 5. The third-order valence-corrected chi connectivity index (χ3v) is 3.12. The highest BCUT2D eigenvalue weighted by Gasteiger charge is 2.17. The molecule has 1 fully saturated rings. The number of aromatic nitrogens is 3. The number of hydrogen-bond donors (Lipinski definition) is 1. The molecule has 5 heteroatoms. The second-order valence-corrected chi connectivity index (χ2v) is 4.27. The largest absolute Gasteiger partial charge is 0.352 e. The minimum absolute atomic E-state index is 0.928. The molecule has 0 aliphatic carbocycles. The molecule has 0 amide bonds. The first kappa shape index (κ1) is 11.1. The van der Waals surface area contributed by atoms with E-state index >= 15 is 0 Å². The van der Waals surface area contributed by atoms with Gasteiger partial charge in [-0.2, -0.15) is 0 Å². The molecule has 0 radical (unpaired) electrons. The van der Waals surface area contributed by atoms with Crippen molar-refractivity contribution >= 4 is 5.82 Å². The predicted molar refractivity (Wildman–Crippen MR) is 70.3 cm³/mol. The molecule has 1 aromatic carbocycles. The molecule has 1 aliphatic rings. The number of rotatable bonds is 2. The first-order valence-electron chi connectivity index (χ1n) is 6.14. The zero-order valence-corrected chi connectivity index (χ0v) is 10.1. The Labute approximate surface area is 106 Å². The molecule has 18 heavy (non-hydrogen) atoms. The third-order valence-electron chi connectivity index (χ3n) is 3.12. The van der Waals surface area contributed by atoms with E-state index in [1.54, 1.807) is 6.20 Å². The summed E-state index contributed by atoms with van der Waals surface area (Å²) in [6, 6.07) is 10.2. The molecular weight excluding hydrogens is 226 g/mol. The monoisotopic (exact) mass is 241 g/mol. The van der Waals surface area contributed by atoms with Crippen molar-refractivity contribution in [3.8, 4) is 11.1 Å². The Morgan fingerprint density at radius 2 is 1.83 bits per heavy atom. The molecule has 0 atom stereocenters. The molecule has 2 aromatic rings. The number of nitrogens with zero attached hydrogens (tertiary/aromatic N) is 4. The van der Waals surface area contributed by atoms with E-state index in [2.05, 4.69) is 37.8 Å². The summed E-state index contributed by atoms with van der Waals surface area (Å²) in [6.45, 7) is 3.88. The van der Waals surface area contributed by atoms with Gasteiger partial charge in [0, 0.05) is 31.7 Å². The van der Waals surface area contributed by atoms with Crippen LogP contribution in [0.2, 0.25) is 0 Å². The topological polar surface area (TPSA) is 53.9 Å². The van der Waals surface area contributed by atoms with Gasteiger partial charge >= 0.3 is 0 Å². The predicted octanol–water partition coefficient (Wildman–Crippen LogP) is 0.948. The van der Waals surface area contributed by atoms with E-state index in [4.69, 9.17) is 0 Å². The molecule has 1 N–H and O–H groups in total. The zero-order chi connectivity index (χ0) is 12.2. The Morgan fingerprint density at radius 1 is 1.06 bits per heavy atom. The van der Waals surface area contributed by atoms with Crippen molar-refractivity contribution < 1.29 is 0 Å². The molecule has 0 spiro atoms. The lowest BCUT2D eigenvalue weighted by atomic mass is 10.1. The standard InChI is InChI=1S/C13H15N5/c1-2-4-11(5-3-1)12-10-15-17-16-13(12)18-8-6-14-7-9-18/h1-5,10,14H,6-9H2. The lowest BCUT2D eigenvalue weighted by molar-refractivity contribution is 0.581. The zero-order valence-electron chi connectivity index (χ0n) is 10.1. The number of piperazine rings is 1. The number of anilines is 1. The molecule has 0 saturated carbocycles. The second kappa shape index (κ2) is 5.10. The molecule has 0 bridgehead atoms. The van der Waals surface area contributed by atoms with Gasteiger partial charge in [-0.25, -0.2) is 0 Å². The van der Waals surface area contributed by atoms with E-state index in [0.717, 1.165) is 43.1 Å². The highest BCUT2D eigenvalue weighted by atomic mass is 15.4. The maximum atomic E-state index is 4.22. The average Bonchev–Trinajstić information content (AvgIpc) is 2.49. The fourth-order valence-corrected chi connectivity index (χ4v) is 2.19. The summed E-state index contributed by atoms with van der Waals surface area (Å²) in [5, 5.41) is 15.3. The lowest BCUT2D eigenvalue weighted by Gasteiger charge is -2.29. The quantitative estimate of drug-likeness (QED) is 0.848. The molecule has 1 saturated heterocycles. The number of nitrogens with one attached hydrogen (secondary N) is 1. The van der Waals surface area contributed by atoms with Crippen LogP contribution in [0.3, 0.4) is 0 Å². The molecule has 1 aromatic heterocycles. The van der Waals surface area contributed by atoms with Crippen LogP contribution in [-0.2, 0) is 0 Å². The van der Waals surface area contributed by atoms with E-state index in [-0.39, 0.29) is 0 Å². The van der Waals surface area contributed by atoms with Crippen LogP contribution in [0.1, 0.15) is 0 Å². The maximum Gasteiger partial charge on any atom is 0.162 e. The van der Waals surface area contributed by atoms with Crippen LogP contribution < -0.4 is 10.2 Å². The van der Waals surface area contributed by atoms with Gasteiger partial charge < -0.3 is 10.2 Å². The fourth-order valence-electron chi connectivity index (χ4n) is 2.19. The van der Waals surface area contributed by atoms with Crippen molar-refractivity contribution in [1.82, 2.24) is 20.7 Å². The van der Waals surface area contributed by atoms with Gasteiger partial charge in [0.05, 0.1) is 6.20 Å². The van der Waals surface area contributed by atoms with Gasteiger partial charge in [-0.15, -0.1) is 10.2 Å². The van der Waals surface area contributed by atoms with E-state index in [9.17, 15) is 0 Å². The van der Waals surface area contributed by atoms with Gasteiger partial charge in [0.25, 0.3) is 0 Å². The SMILES string of the molecule is c1ccc(-c2cnnnc2N2CCNCC2)cc1. The van der Waals surface area contributed by atoms with Crippen LogP contribution in [-0.4, -0.2) is 41.6 Å². The Balaban J connectivity index is 1.99. The molecule has 2 heterocycles. The first-order chi connectivity index (χ1) is 8.95. The summed E-state index contributed by atoms with van der Waals surface area (Å²) in [4.78, 5) is 2.26. The molecule has 3 rings (SSSR count). The normalized spacial score (nSPS) is 15.7. The van der Waals surface area contributed by atoms with Crippen LogP contribution >= 0.6 is 0 Å². The Kier molecular flexibility index (Phi) is 3.14. The minimum Gasteiger partial charge on any atom is -0.352 e. The molecular formula is C13H15N5. The number of benzene rings is 1. The first-order valence-corrected chi connectivity index (χ1v) is 6.14. The highest BCUT2D eigenvalue weighted by Crippen LogP contribution is 2.27. The minimum atomic E-state index is 0.928. The van der Waals surface area contributed by atoms with Crippen LogP contribution in [0.5, 0.6) is 0 Å². The van der Waals surface area contributed by atoms with Crippen molar-refractivity contribution in [1.29, 1.82) is 0 Å². The van der Waals surface area contributed by atoms with Crippen molar-refractivity contribution in [2.45, 2.75) is 0 Å². The van der Waals surface area contributed by atoms with Crippen LogP contribution in [0.25, 0.3) is 11.1 Å². The van der Waals surface area contributed by atoms with Gasteiger partial charge in [0.15, 0.2) is 5.82 Å². The summed E-state index contributed by atoms with van der Waals surface area (Å²) in [6.07, 6.45) is 1.79. The smallest absolute Gasteiger partial charge is 0.162 e. The highest BCUT2D eigenvalue weighted by molar-refractivity contribution is 5.74. The summed E-state index contributed by atoms with van der Waals surface area (Å²) in [5.41, 5.74) is 2.18. The molecule has 0 unspecified atom stereocenters. The third kappa shape index (κ3) is 2.17. The summed E-state index contributed by atoms with van der Waals surface area (Å²) >= 11 is 0. The molecule has 5 nitrogen and oxygen atoms in total. The van der Waals surface area contributed by atoms with Gasteiger partial charge in [-0.05, 0) is 10.8 Å². The average molecular weight is 241 g/mol. The van der Waals surface area contributed by atoms with Crippen LogP contribution in [0, 0.1) is 0 Å². The Bertz CT molecular complexity index is 508. The van der Waals surface area contributed by atoms with Crippen molar-refractivity contribution in [2.75, 3.05) is 31.1 Å². The molecule has 92 valence electrons. The summed E-state index contributed by atoms with van der Waals surface area (Å²) in [5.74, 6) is 0.928. The molecule has 1 aliphatic heterocycles. The van der Waals surface area contributed by atoms with Crippen molar-refractivity contribution in [3.05, 3.63) is 36.5 Å². The van der Waals surface area contributed by atoms with Crippen LogP contribution in [0.15, 0.2) is 36.5 Å². The van der Waals surface area contributed by atoms with Gasteiger partial charge in [0.1, 0.15) is 0 Å². The van der Waals surface area contributed by atoms with E-state index in [1.807, 2.05) is 18.2 Å².